The molecule has 4 rings (SSSR count). The summed E-state index contributed by atoms with van der Waals surface area (Å²) in [6, 6.07) is 8.65. The van der Waals surface area contributed by atoms with Crippen molar-refractivity contribution < 1.29 is 22.8 Å². The van der Waals surface area contributed by atoms with E-state index >= 15 is 0 Å². The molecule has 0 atom stereocenters. The third-order valence-corrected chi connectivity index (χ3v) is 6.06. The summed E-state index contributed by atoms with van der Waals surface area (Å²) in [6.07, 6.45) is -1.76. The van der Waals surface area contributed by atoms with E-state index in [1.807, 2.05) is 19.0 Å². The van der Waals surface area contributed by atoms with Gasteiger partial charge in [0.2, 0.25) is 0 Å². The zero-order valence-corrected chi connectivity index (χ0v) is 22.4. The van der Waals surface area contributed by atoms with E-state index in [4.69, 9.17) is 11.6 Å². The van der Waals surface area contributed by atoms with Crippen molar-refractivity contribution in [1.29, 1.82) is 0 Å². The standard InChI is InChI=1S/C25H25ClF3N9O2/c1-30-24(40)37(11-10-36(2)3)21-20-22(32-13-31-21)38(14-33-20)17-7-4-15(5-8-17)34-23(39)35-16-6-9-19(26)18(12-16)25(27,28)29/h4-9,12-14H,10-11H2,1-3H3,(H,30,40)(H2,34,35,39). The van der Waals surface area contributed by atoms with Gasteiger partial charge in [-0.15, -0.1) is 0 Å². The van der Waals surface area contributed by atoms with Gasteiger partial charge in [0.25, 0.3) is 0 Å². The van der Waals surface area contributed by atoms with Crippen LogP contribution >= 0.6 is 11.6 Å². The lowest BCUT2D eigenvalue weighted by molar-refractivity contribution is -0.137. The SMILES string of the molecule is CNC(=O)N(CCN(C)C)c1ncnc2c1ncn2-c1ccc(NC(=O)Nc2ccc(Cl)c(C(F)(F)F)c2)cc1. The molecule has 0 radical (unpaired) electrons. The minimum atomic E-state index is -4.66. The minimum Gasteiger partial charge on any atom is -0.341 e. The van der Waals surface area contributed by atoms with Crippen molar-refractivity contribution in [3.8, 4) is 5.69 Å². The molecular weight excluding hydrogens is 551 g/mol. The van der Waals surface area contributed by atoms with Gasteiger partial charge in [-0.25, -0.2) is 24.5 Å². The van der Waals surface area contributed by atoms with Gasteiger partial charge in [0, 0.05) is 37.2 Å². The van der Waals surface area contributed by atoms with Crippen LogP contribution in [0.1, 0.15) is 5.56 Å². The maximum atomic E-state index is 13.1. The van der Waals surface area contributed by atoms with E-state index in [9.17, 15) is 22.8 Å². The van der Waals surface area contributed by atoms with Crippen molar-refractivity contribution in [3.63, 3.8) is 0 Å². The molecule has 2 aromatic carbocycles. The van der Waals surface area contributed by atoms with E-state index in [-0.39, 0.29) is 11.7 Å². The van der Waals surface area contributed by atoms with E-state index < -0.39 is 22.8 Å². The lowest BCUT2D eigenvalue weighted by Gasteiger charge is -2.23. The van der Waals surface area contributed by atoms with Crippen LogP contribution in [0.3, 0.4) is 0 Å². The molecule has 210 valence electrons. The summed E-state index contributed by atoms with van der Waals surface area (Å²) in [6.45, 7) is 0.977. The Bertz CT molecular complexity index is 1520. The number of nitrogens with zero attached hydrogens (tertiary/aromatic N) is 6. The maximum absolute atomic E-state index is 13.1. The second-order valence-corrected chi connectivity index (χ2v) is 9.22. The summed E-state index contributed by atoms with van der Waals surface area (Å²) in [5.74, 6) is 0.357. The number of benzene rings is 2. The Kier molecular flexibility index (Phi) is 8.40. The van der Waals surface area contributed by atoms with Crippen LogP contribution in [-0.4, -0.2) is 70.7 Å². The quantitative estimate of drug-likeness (QED) is 0.290. The Hall–Kier alpha value is -4.43. The normalized spacial score (nSPS) is 11.5. The summed E-state index contributed by atoms with van der Waals surface area (Å²) < 4.78 is 41.0. The lowest BCUT2D eigenvalue weighted by Crippen LogP contribution is -2.42. The molecule has 3 N–H and O–H groups in total. The number of alkyl halides is 3. The van der Waals surface area contributed by atoms with E-state index in [0.29, 0.717) is 41.4 Å². The number of halogens is 4. The van der Waals surface area contributed by atoms with Crippen LogP contribution in [0.5, 0.6) is 0 Å². The summed E-state index contributed by atoms with van der Waals surface area (Å²) in [7, 11) is 5.33. The van der Waals surface area contributed by atoms with Gasteiger partial charge in [0.05, 0.1) is 10.6 Å². The maximum Gasteiger partial charge on any atom is 0.417 e. The molecule has 0 saturated heterocycles. The van der Waals surface area contributed by atoms with Crippen LogP contribution in [0, 0.1) is 0 Å². The van der Waals surface area contributed by atoms with E-state index in [1.54, 1.807) is 35.2 Å². The number of aromatic nitrogens is 4. The van der Waals surface area contributed by atoms with Gasteiger partial charge in [-0.05, 0) is 56.6 Å². The van der Waals surface area contributed by atoms with Gasteiger partial charge < -0.3 is 20.9 Å². The molecule has 0 fully saturated rings. The van der Waals surface area contributed by atoms with Crippen LogP contribution in [0.25, 0.3) is 16.9 Å². The van der Waals surface area contributed by atoms with E-state index in [1.165, 1.54) is 24.3 Å². The molecule has 15 heteroatoms. The minimum absolute atomic E-state index is 0.0670. The van der Waals surface area contributed by atoms with Crippen molar-refractivity contribution >= 4 is 52.0 Å². The van der Waals surface area contributed by atoms with Crippen LogP contribution in [0.4, 0.5) is 40.0 Å². The molecule has 0 aliphatic carbocycles. The highest BCUT2D eigenvalue weighted by Crippen LogP contribution is 2.36. The molecule has 0 aliphatic heterocycles. The number of nitrogens with one attached hydrogen (secondary N) is 3. The molecule has 4 amide bonds. The fourth-order valence-electron chi connectivity index (χ4n) is 3.77. The molecule has 0 bridgehead atoms. The van der Waals surface area contributed by atoms with Crippen molar-refractivity contribution in [1.82, 2.24) is 29.7 Å². The Morgan fingerprint density at radius 2 is 1.65 bits per heavy atom. The van der Waals surface area contributed by atoms with Gasteiger partial charge in [-0.3, -0.25) is 9.47 Å². The number of hydrogen-bond acceptors (Lipinski definition) is 6. The van der Waals surface area contributed by atoms with Crippen molar-refractivity contribution in [2.75, 3.05) is 49.8 Å². The second-order valence-electron chi connectivity index (χ2n) is 8.81. The highest BCUT2D eigenvalue weighted by atomic mass is 35.5. The Morgan fingerprint density at radius 1 is 0.975 bits per heavy atom. The highest BCUT2D eigenvalue weighted by Gasteiger charge is 2.33. The topological polar surface area (TPSA) is 120 Å². The van der Waals surface area contributed by atoms with E-state index in [2.05, 4.69) is 30.9 Å². The first-order valence-electron chi connectivity index (χ1n) is 11.8. The van der Waals surface area contributed by atoms with Crippen LogP contribution in [0.15, 0.2) is 55.1 Å². The summed E-state index contributed by atoms with van der Waals surface area (Å²) >= 11 is 5.63. The van der Waals surface area contributed by atoms with Crippen LogP contribution in [-0.2, 0) is 6.18 Å². The number of anilines is 3. The number of rotatable bonds is 7. The Balaban J connectivity index is 1.52. The number of carbonyl (C=O) groups is 2. The first kappa shape index (κ1) is 28.6. The molecule has 2 aromatic heterocycles. The number of likely N-dealkylation sites (N-methyl/N-ethyl adjacent to an activating group) is 1. The zero-order valence-electron chi connectivity index (χ0n) is 21.6. The monoisotopic (exact) mass is 575 g/mol. The third-order valence-electron chi connectivity index (χ3n) is 5.73. The number of hydrogen-bond donors (Lipinski definition) is 3. The second kappa shape index (κ2) is 11.8. The number of amides is 4. The predicted molar refractivity (Wildman–Crippen MR) is 146 cm³/mol. The number of fused-ring (bicyclic) bond motifs is 1. The molecule has 0 unspecified atom stereocenters. The third kappa shape index (κ3) is 6.40. The summed E-state index contributed by atoms with van der Waals surface area (Å²) in [5, 5.41) is 7.08. The Labute approximate surface area is 232 Å². The highest BCUT2D eigenvalue weighted by molar-refractivity contribution is 6.31. The molecule has 0 aliphatic rings. The van der Waals surface area contributed by atoms with Gasteiger partial charge in [0.1, 0.15) is 12.7 Å². The Morgan fingerprint density at radius 3 is 2.30 bits per heavy atom. The van der Waals surface area contributed by atoms with Crippen LogP contribution < -0.4 is 20.9 Å². The van der Waals surface area contributed by atoms with Crippen molar-refractivity contribution in [2.45, 2.75) is 6.18 Å². The fraction of sp³-hybridized carbons (Fsp3) is 0.240. The van der Waals surface area contributed by atoms with Crippen LogP contribution in [0.2, 0.25) is 5.02 Å². The van der Waals surface area contributed by atoms with Gasteiger partial charge in [-0.2, -0.15) is 13.2 Å². The van der Waals surface area contributed by atoms with Crippen molar-refractivity contribution in [2.24, 2.45) is 0 Å². The molecule has 2 heterocycles. The van der Waals surface area contributed by atoms with Crippen molar-refractivity contribution in [3.05, 3.63) is 65.7 Å². The van der Waals surface area contributed by atoms with Gasteiger partial charge >= 0.3 is 18.2 Å². The fourth-order valence-corrected chi connectivity index (χ4v) is 3.99. The first-order valence-corrected chi connectivity index (χ1v) is 12.2. The average Bonchev–Trinajstić information content (AvgIpc) is 3.34. The predicted octanol–water partition coefficient (Wildman–Crippen LogP) is 4.84. The molecule has 0 spiro atoms. The summed E-state index contributed by atoms with van der Waals surface area (Å²) in [5.41, 5.74) is 0.818. The van der Waals surface area contributed by atoms with E-state index in [0.717, 1.165) is 12.1 Å². The smallest absolute Gasteiger partial charge is 0.341 e. The zero-order chi connectivity index (χ0) is 29.0. The molecule has 11 nitrogen and oxygen atoms in total. The lowest BCUT2D eigenvalue weighted by atomic mass is 10.2. The molecule has 0 saturated carbocycles. The largest absolute Gasteiger partial charge is 0.417 e. The molecule has 40 heavy (non-hydrogen) atoms. The average molecular weight is 576 g/mol. The van der Waals surface area contributed by atoms with Gasteiger partial charge in [0.15, 0.2) is 17.0 Å². The molecule has 4 aromatic rings. The number of carbonyl (C=O) groups excluding carboxylic acids is 2. The summed E-state index contributed by atoms with van der Waals surface area (Å²) in [4.78, 5) is 41.5. The number of imidazole rings is 1. The van der Waals surface area contributed by atoms with Gasteiger partial charge in [-0.1, -0.05) is 11.6 Å². The molecular formula is C25H25ClF3N9O2. The first-order chi connectivity index (χ1) is 19.0. The number of urea groups is 2.